The van der Waals surface area contributed by atoms with E-state index in [9.17, 15) is 14.4 Å². The van der Waals surface area contributed by atoms with Gasteiger partial charge >= 0.3 is 0 Å². The van der Waals surface area contributed by atoms with Gasteiger partial charge in [0, 0.05) is 25.7 Å². The summed E-state index contributed by atoms with van der Waals surface area (Å²) in [6.45, 7) is 6.76. The molecule has 2 aliphatic heterocycles. The summed E-state index contributed by atoms with van der Waals surface area (Å²) in [7, 11) is 0. The molecule has 37 heavy (non-hydrogen) atoms. The topological polar surface area (TPSA) is 60.9 Å². The van der Waals surface area contributed by atoms with Crippen LogP contribution in [0, 0.1) is 0 Å². The fraction of sp³-hybridized carbons (Fsp3) is 0.367. The summed E-state index contributed by atoms with van der Waals surface area (Å²) in [5.74, 6) is -0.352. The van der Waals surface area contributed by atoms with Crippen molar-refractivity contribution in [3.63, 3.8) is 0 Å². The first kappa shape index (κ1) is 25.4. The van der Waals surface area contributed by atoms with Crippen molar-refractivity contribution in [3.05, 3.63) is 88.1 Å². The molecular formula is C30H33N3O3S. The van der Waals surface area contributed by atoms with Crippen molar-refractivity contribution in [2.24, 2.45) is 0 Å². The van der Waals surface area contributed by atoms with E-state index in [-0.39, 0.29) is 30.2 Å². The van der Waals surface area contributed by atoms with Gasteiger partial charge in [-0.3, -0.25) is 19.3 Å². The average Bonchev–Trinajstić information content (AvgIpc) is 3.54. The van der Waals surface area contributed by atoms with Crippen LogP contribution in [0.25, 0.3) is 0 Å². The van der Waals surface area contributed by atoms with Gasteiger partial charge in [-0.05, 0) is 53.5 Å². The van der Waals surface area contributed by atoms with Gasteiger partial charge in [0.05, 0.1) is 17.0 Å². The van der Waals surface area contributed by atoms with Gasteiger partial charge in [0.25, 0.3) is 11.8 Å². The molecule has 2 saturated heterocycles. The number of benzene rings is 2. The maximum Gasteiger partial charge on any atom is 0.264 e. The predicted octanol–water partition coefficient (Wildman–Crippen LogP) is 5.31. The summed E-state index contributed by atoms with van der Waals surface area (Å²) in [5.41, 5.74) is 2.99. The summed E-state index contributed by atoms with van der Waals surface area (Å²) >= 11 is 1.38. The minimum atomic E-state index is -0.780. The molecule has 7 heteroatoms. The van der Waals surface area contributed by atoms with Gasteiger partial charge in [0.1, 0.15) is 6.04 Å². The number of rotatable bonds is 7. The molecule has 0 spiro atoms. The predicted molar refractivity (Wildman–Crippen MR) is 147 cm³/mol. The van der Waals surface area contributed by atoms with Crippen molar-refractivity contribution in [2.75, 3.05) is 18.0 Å². The Bertz CT molecular complexity index is 1230. The second-order valence-electron chi connectivity index (χ2n) is 10.2. The summed E-state index contributed by atoms with van der Waals surface area (Å²) in [4.78, 5) is 46.5. The van der Waals surface area contributed by atoms with E-state index in [0.717, 1.165) is 38.0 Å². The summed E-state index contributed by atoms with van der Waals surface area (Å²) in [5, 5.41) is 1.87. The van der Waals surface area contributed by atoms with Crippen LogP contribution in [0.3, 0.4) is 0 Å². The Kier molecular flexibility index (Phi) is 7.53. The third-order valence-corrected chi connectivity index (χ3v) is 8.30. The van der Waals surface area contributed by atoms with Crippen LogP contribution in [0.1, 0.15) is 59.8 Å². The van der Waals surface area contributed by atoms with Gasteiger partial charge < -0.3 is 4.90 Å². The average molecular weight is 516 g/mol. The molecule has 6 nitrogen and oxygen atoms in total. The molecule has 1 atom stereocenters. The van der Waals surface area contributed by atoms with Crippen molar-refractivity contribution >= 4 is 34.7 Å². The number of nitrogens with zero attached hydrogens (tertiary/aromatic N) is 3. The smallest absolute Gasteiger partial charge is 0.264 e. The zero-order valence-corrected chi connectivity index (χ0v) is 22.2. The van der Waals surface area contributed by atoms with E-state index in [1.54, 1.807) is 11.0 Å². The Balaban J connectivity index is 1.36. The molecule has 2 aromatic carbocycles. The number of hydrogen-bond acceptors (Lipinski definition) is 5. The summed E-state index contributed by atoms with van der Waals surface area (Å²) < 4.78 is 0. The number of carbonyl (C=O) groups excluding carboxylic acids is 3. The molecule has 1 unspecified atom stereocenters. The highest BCUT2D eigenvalue weighted by molar-refractivity contribution is 7.12. The Morgan fingerprint density at radius 1 is 0.973 bits per heavy atom. The van der Waals surface area contributed by atoms with Crippen LogP contribution in [0.5, 0.6) is 0 Å². The first-order chi connectivity index (χ1) is 17.9. The van der Waals surface area contributed by atoms with Crippen LogP contribution in [-0.2, 0) is 16.1 Å². The van der Waals surface area contributed by atoms with Crippen LogP contribution in [0.4, 0.5) is 5.69 Å². The molecule has 0 saturated carbocycles. The normalized spacial score (nSPS) is 19.1. The van der Waals surface area contributed by atoms with E-state index in [0.29, 0.717) is 16.5 Å². The second-order valence-corrected chi connectivity index (χ2v) is 11.2. The molecule has 3 amide bonds. The van der Waals surface area contributed by atoms with Crippen molar-refractivity contribution in [3.8, 4) is 0 Å². The number of hydrogen-bond donors (Lipinski definition) is 0. The Morgan fingerprint density at radius 3 is 2.30 bits per heavy atom. The van der Waals surface area contributed by atoms with E-state index in [2.05, 4.69) is 30.9 Å². The number of anilines is 1. The van der Waals surface area contributed by atoms with Gasteiger partial charge in [-0.2, -0.15) is 0 Å². The molecule has 0 bridgehead atoms. The van der Waals surface area contributed by atoms with Crippen LogP contribution >= 0.6 is 11.3 Å². The molecule has 2 aliphatic rings. The molecule has 2 fully saturated rings. The van der Waals surface area contributed by atoms with Gasteiger partial charge in [0.15, 0.2) is 0 Å². The summed E-state index contributed by atoms with van der Waals surface area (Å²) in [6, 6.07) is 20.8. The van der Waals surface area contributed by atoms with Crippen molar-refractivity contribution in [2.45, 2.75) is 57.7 Å². The number of amides is 3. The van der Waals surface area contributed by atoms with Gasteiger partial charge in [-0.25, -0.2) is 4.90 Å². The molecule has 3 aromatic rings. The standard InChI is InChI=1S/C30H33N3O3S/c1-21(2)23-10-12-24(13-11-23)33-28(34)19-26(29(33)35)32(30(36)27-9-6-18-37-27)25-14-16-31(17-15-25)20-22-7-4-3-5-8-22/h3-13,18,21,25-26H,14-17,19-20H2,1-2H3. The largest absolute Gasteiger partial charge is 0.322 e. The Hall–Kier alpha value is -3.29. The van der Waals surface area contributed by atoms with E-state index in [4.69, 9.17) is 0 Å². The van der Waals surface area contributed by atoms with Gasteiger partial charge in [0.2, 0.25) is 5.91 Å². The van der Waals surface area contributed by atoms with Crippen molar-refractivity contribution < 1.29 is 14.4 Å². The lowest BCUT2D eigenvalue weighted by Gasteiger charge is -2.40. The third kappa shape index (κ3) is 5.38. The van der Waals surface area contributed by atoms with E-state index in [1.165, 1.54) is 21.8 Å². The minimum absolute atomic E-state index is 0.0200. The van der Waals surface area contributed by atoms with Crippen molar-refractivity contribution in [1.82, 2.24) is 9.80 Å². The fourth-order valence-electron chi connectivity index (χ4n) is 5.40. The molecule has 192 valence electrons. The van der Waals surface area contributed by atoms with Crippen LogP contribution in [0.2, 0.25) is 0 Å². The first-order valence-electron chi connectivity index (χ1n) is 13.0. The van der Waals surface area contributed by atoms with Crippen LogP contribution in [0.15, 0.2) is 72.1 Å². The number of imide groups is 1. The zero-order chi connectivity index (χ0) is 25.9. The highest BCUT2D eigenvalue weighted by atomic mass is 32.1. The molecule has 0 radical (unpaired) electrons. The molecule has 1 aromatic heterocycles. The number of thiophene rings is 1. The maximum atomic E-state index is 13.7. The molecule has 0 aliphatic carbocycles. The lowest BCUT2D eigenvalue weighted by molar-refractivity contribution is -0.123. The quantitative estimate of drug-likeness (QED) is 0.400. The van der Waals surface area contributed by atoms with Crippen LogP contribution in [-0.4, -0.2) is 52.7 Å². The highest BCUT2D eigenvalue weighted by Crippen LogP contribution is 2.32. The van der Waals surface area contributed by atoms with E-state index < -0.39 is 6.04 Å². The van der Waals surface area contributed by atoms with Crippen LogP contribution < -0.4 is 4.90 Å². The Labute approximate surface area is 222 Å². The second kappa shape index (κ2) is 11.0. The van der Waals surface area contributed by atoms with E-state index >= 15 is 0 Å². The molecule has 3 heterocycles. The van der Waals surface area contributed by atoms with Crippen molar-refractivity contribution in [1.29, 1.82) is 0 Å². The first-order valence-corrected chi connectivity index (χ1v) is 13.9. The van der Waals surface area contributed by atoms with E-state index in [1.807, 2.05) is 53.9 Å². The van der Waals surface area contributed by atoms with Gasteiger partial charge in [-0.15, -0.1) is 11.3 Å². The highest BCUT2D eigenvalue weighted by Gasteiger charge is 2.47. The lowest BCUT2D eigenvalue weighted by atomic mass is 9.99. The third-order valence-electron chi connectivity index (χ3n) is 7.44. The number of piperidine rings is 1. The number of carbonyl (C=O) groups is 3. The number of likely N-dealkylation sites (tertiary alicyclic amines) is 1. The Morgan fingerprint density at radius 2 is 1.68 bits per heavy atom. The molecule has 5 rings (SSSR count). The minimum Gasteiger partial charge on any atom is -0.322 e. The molecular weight excluding hydrogens is 482 g/mol. The lowest BCUT2D eigenvalue weighted by Crippen LogP contribution is -2.54. The van der Waals surface area contributed by atoms with Gasteiger partial charge in [-0.1, -0.05) is 62.4 Å². The SMILES string of the molecule is CC(C)c1ccc(N2C(=O)CC(N(C(=O)c3cccs3)C3CCN(Cc4ccccc4)CC3)C2=O)cc1. The molecule has 0 N–H and O–H groups in total. The monoisotopic (exact) mass is 515 g/mol. The zero-order valence-electron chi connectivity index (χ0n) is 21.4. The fourth-order valence-corrected chi connectivity index (χ4v) is 6.07. The maximum absolute atomic E-state index is 13.7. The summed E-state index contributed by atoms with van der Waals surface area (Å²) in [6.07, 6.45) is 1.56.